The van der Waals surface area contributed by atoms with Crippen molar-refractivity contribution in [3.05, 3.63) is 53.1 Å². The molecule has 2 aromatic rings. The highest BCUT2D eigenvalue weighted by Crippen LogP contribution is 2.19. The lowest BCUT2D eigenvalue weighted by Gasteiger charge is -2.08. The van der Waals surface area contributed by atoms with Crippen LogP contribution in [0.2, 0.25) is 0 Å². The minimum absolute atomic E-state index is 0.116. The molecule has 1 heterocycles. The molecule has 2 N–H and O–H groups in total. The summed E-state index contributed by atoms with van der Waals surface area (Å²) in [4.78, 5) is 20.2. The van der Waals surface area contributed by atoms with Crippen LogP contribution in [0.4, 0.5) is 0 Å². The average Bonchev–Trinajstić information content (AvgIpc) is 2.39. The Morgan fingerprint density at radius 1 is 1.32 bits per heavy atom. The molecule has 0 saturated heterocycles. The van der Waals surface area contributed by atoms with Gasteiger partial charge in [0.1, 0.15) is 11.6 Å². The van der Waals surface area contributed by atoms with Crippen LogP contribution in [0.1, 0.15) is 27.4 Å². The molecule has 98 valence electrons. The first-order valence-corrected chi connectivity index (χ1v) is 5.93. The monoisotopic (exact) mass is 257 g/mol. The Morgan fingerprint density at radius 2 is 2.11 bits per heavy atom. The first-order valence-electron chi connectivity index (χ1n) is 5.93. The summed E-state index contributed by atoms with van der Waals surface area (Å²) in [5.41, 5.74) is 1.78. The predicted octanol–water partition coefficient (Wildman–Crippen LogP) is 1.73. The van der Waals surface area contributed by atoms with Crippen molar-refractivity contribution >= 4 is 5.91 Å². The number of nitrogens with zero attached hydrogens (tertiary/aromatic N) is 2. The molecule has 5 nitrogen and oxygen atoms in total. The van der Waals surface area contributed by atoms with Gasteiger partial charge in [0.2, 0.25) is 0 Å². The molecule has 1 aromatic heterocycles. The second-order valence-electron chi connectivity index (χ2n) is 4.23. The Labute approximate surface area is 111 Å². The average molecular weight is 257 g/mol. The zero-order valence-electron chi connectivity index (χ0n) is 10.8. The summed E-state index contributed by atoms with van der Waals surface area (Å²) in [5.74, 6) is 0.551. The Morgan fingerprint density at radius 3 is 2.84 bits per heavy atom. The van der Waals surface area contributed by atoms with Crippen LogP contribution in [-0.2, 0) is 6.54 Å². The van der Waals surface area contributed by atoms with Crippen LogP contribution in [0.3, 0.4) is 0 Å². The van der Waals surface area contributed by atoms with E-state index in [0.29, 0.717) is 23.5 Å². The zero-order valence-corrected chi connectivity index (χ0v) is 10.8. The highest BCUT2D eigenvalue weighted by molar-refractivity contribution is 5.96. The van der Waals surface area contributed by atoms with Crippen molar-refractivity contribution < 1.29 is 9.90 Å². The maximum absolute atomic E-state index is 12.0. The first kappa shape index (κ1) is 13.0. The van der Waals surface area contributed by atoms with Gasteiger partial charge in [-0.2, -0.15) is 0 Å². The maximum atomic E-state index is 12.0. The minimum Gasteiger partial charge on any atom is -0.508 e. The number of rotatable bonds is 3. The van der Waals surface area contributed by atoms with Gasteiger partial charge in [-0.25, -0.2) is 9.97 Å². The van der Waals surface area contributed by atoms with E-state index >= 15 is 0 Å². The number of amides is 1. The van der Waals surface area contributed by atoms with Crippen molar-refractivity contribution in [1.82, 2.24) is 15.3 Å². The molecule has 19 heavy (non-hydrogen) atoms. The van der Waals surface area contributed by atoms with Crippen LogP contribution in [0.15, 0.2) is 30.5 Å². The number of carbonyl (C=O) groups is 1. The molecular weight excluding hydrogens is 242 g/mol. The standard InChI is InChI=1S/C14H15N3O2/c1-9-12(4-3-5-13(9)18)14(19)16-8-11-6-7-15-10(2)17-11/h3-7,18H,8H2,1-2H3,(H,16,19). The second-order valence-corrected chi connectivity index (χ2v) is 4.23. The Hall–Kier alpha value is -2.43. The summed E-state index contributed by atoms with van der Waals surface area (Å²) < 4.78 is 0. The van der Waals surface area contributed by atoms with Crippen molar-refractivity contribution in [1.29, 1.82) is 0 Å². The van der Waals surface area contributed by atoms with Gasteiger partial charge in [-0.1, -0.05) is 6.07 Å². The van der Waals surface area contributed by atoms with E-state index in [-0.39, 0.29) is 11.7 Å². The van der Waals surface area contributed by atoms with Gasteiger partial charge in [-0.15, -0.1) is 0 Å². The molecule has 0 saturated carbocycles. The van der Waals surface area contributed by atoms with Gasteiger partial charge in [-0.3, -0.25) is 4.79 Å². The van der Waals surface area contributed by atoms with Gasteiger partial charge in [0.15, 0.2) is 0 Å². The lowest BCUT2D eigenvalue weighted by Crippen LogP contribution is -2.24. The number of phenols is 1. The van der Waals surface area contributed by atoms with Crippen molar-refractivity contribution in [2.75, 3.05) is 0 Å². The fraction of sp³-hybridized carbons (Fsp3) is 0.214. The summed E-state index contributed by atoms with van der Waals surface area (Å²) in [6.45, 7) is 3.83. The number of benzene rings is 1. The summed E-state index contributed by atoms with van der Waals surface area (Å²) >= 11 is 0. The molecule has 0 bridgehead atoms. The van der Waals surface area contributed by atoms with Crippen LogP contribution in [-0.4, -0.2) is 21.0 Å². The van der Waals surface area contributed by atoms with E-state index in [2.05, 4.69) is 15.3 Å². The van der Waals surface area contributed by atoms with Gasteiger partial charge in [0.25, 0.3) is 5.91 Å². The normalized spacial score (nSPS) is 10.2. The van der Waals surface area contributed by atoms with Gasteiger partial charge in [0, 0.05) is 17.3 Å². The van der Waals surface area contributed by atoms with Crippen LogP contribution in [0, 0.1) is 13.8 Å². The predicted molar refractivity (Wildman–Crippen MR) is 70.8 cm³/mol. The first-order chi connectivity index (χ1) is 9.08. The van der Waals surface area contributed by atoms with Gasteiger partial charge in [-0.05, 0) is 32.0 Å². The van der Waals surface area contributed by atoms with Gasteiger partial charge >= 0.3 is 0 Å². The van der Waals surface area contributed by atoms with E-state index in [1.807, 2.05) is 0 Å². The number of nitrogens with one attached hydrogen (secondary N) is 1. The third-order valence-electron chi connectivity index (χ3n) is 2.81. The van der Waals surface area contributed by atoms with E-state index in [1.165, 1.54) is 0 Å². The number of hydrogen-bond donors (Lipinski definition) is 2. The molecule has 0 unspecified atom stereocenters. The van der Waals surface area contributed by atoms with E-state index in [0.717, 1.165) is 5.69 Å². The molecule has 2 rings (SSSR count). The summed E-state index contributed by atoms with van der Waals surface area (Å²) in [7, 11) is 0. The largest absolute Gasteiger partial charge is 0.508 e. The number of carbonyl (C=O) groups excluding carboxylic acids is 1. The Bertz CT molecular complexity index is 611. The SMILES string of the molecule is Cc1nccc(CNC(=O)c2cccc(O)c2C)n1. The van der Waals surface area contributed by atoms with Crippen molar-refractivity contribution in [2.24, 2.45) is 0 Å². The lowest BCUT2D eigenvalue weighted by molar-refractivity contribution is 0.0949. The number of aryl methyl sites for hydroxylation is 1. The molecule has 0 fully saturated rings. The number of aromatic hydroxyl groups is 1. The Kier molecular flexibility index (Phi) is 3.75. The zero-order chi connectivity index (χ0) is 13.8. The number of aromatic nitrogens is 2. The number of hydrogen-bond acceptors (Lipinski definition) is 4. The second kappa shape index (κ2) is 5.48. The maximum Gasteiger partial charge on any atom is 0.252 e. The molecule has 0 aliphatic heterocycles. The fourth-order valence-corrected chi connectivity index (χ4v) is 1.74. The molecule has 1 amide bonds. The van der Waals surface area contributed by atoms with E-state index in [4.69, 9.17) is 0 Å². The van der Waals surface area contributed by atoms with Crippen molar-refractivity contribution in [3.63, 3.8) is 0 Å². The molecule has 0 radical (unpaired) electrons. The fourth-order valence-electron chi connectivity index (χ4n) is 1.74. The smallest absolute Gasteiger partial charge is 0.252 e. The topological polar surface area (TPSA) is 75.1 Å². The molecule has 0 aliphatic carbocycles. The van der Waals surface area contributed by atoms with E-state index < -0.39 is 0 Å². The molecule has 1 aromatic carbocycles. The third kappa shape index (κ3) is 3.07. The van der Waals surface area contributed by atoms with Crippen LogP contribution < -0.4 is 5.32 Å². The lowest BCUT2D eigenvalue weighted by atomic mass is 10.1. The quantitative estimate of drug-likeness (QED) is 0.878. The van der Waals surface area contributed by atoms with Gasteiger partial charge in [0.05, 0.1) is 12.2 Å². The highest BCUT2D eigenvalue weighted by atomic mass is 16.3. The van der Waals surface area contributed by atoms with Crippen LogP contribution in [0.25, 0.3) is 0 Å². The minimum atomic E-state index is -0.232. The summed E-state index contributed by atoms with van der Waals surface area (Å²) in [6.07, 6.45) is 1.66. The molecule has 5 heteroatoms. The Balaban J connectivity index is 2.08. The third-order valence-corrected chi connectivity index (χ3v) is 2.81. The molecular formula is C14H15N3O2. The van der Waals surface area contributed by atoms with Crippen LogP contribution in [0.5, 0.6) is 5.75 Å². The summed E-state index contributed by atoms with van der Waals surface area (Å²) in [5, 5.41) is 12.3. The van der Waals surface area contributed by atoms with Crippen molar-refractivity contribution in [2.45, 2.75) is 20.4 Å². The number of phenolic OH excluding ortho intramolecular Hbond substituents is 1. The molecule has 0 spiro atoms. The molecule has 0 atom stereocenters. The summed E-state index contributed by atoms with van der Waals surface area (Å²) in [6, 6.07) is 6.63. The van der Waals surface area contributed by atoms with E-state index in [9.17, 15) is 9.90 Å². The van der Waals surface area contributed by atoms with E-state index in [1.54, 1.807) is 44.3 Å². The highest BCUT2D eigenvalue weighted by Gasteiger charge is 2.11. The van der Waals surface area contributed by atoms with Crippen molar-refractivity contribution in [3.8, 4) is 5.75 Å². The molecule has 0 aliphatic rings. The van der Waals surface area contributed by atoms with Crippen LogP contribution >= 0.6 is 0 Å². The van der Waals surface area contributed by atoms with Gasteiger partial charge < -0.3 is 10.4 Å².